The van der Waals surface area contributed by atoms with Crippen LogP contribution in [-0.2, 0) is 0 Å². The molecule has 5 heteroatoms. The van der Waals surface area contributed by atoms with Gasteiger partial charge in [-0.15, -0.1) is 0 Å². The van der Waals surface area contributed by atoms with E-state index in [0.29, 0.717) is 0 Å². The molecule has 2 aromatic carbocycles. The minimum absolute atomic E-state index is 0.158. The first-order valence-corrected chi connectivity index (χ1v) is 8.99. The van der Waals surface area contributed by atoms with Crippen LogP contribution in [0.1, 0.15) is 35.4 Å². The maximum absolute atomic E-state index is 6.32. The topological polar surface area (TPSA) is 47.0 Å². The first-order valence-electron chi connectivity index (χ1n) is 8.99. The fourth-order valence-corrected chi connectivity index (χ4v) is 3.74. The van der Waals surface area contributed by atoms with Gasteiger partial charge in [-0.2, -0.15) is 5.10 Å². The SMILES string of the molecule is COc1ccc(C2=NN3[C@@H](C2)c2ccccc2O[C@H]3c2ccncc2)cc1. The van der Waals surface area contributed by atoms with E-state index in [1.807, 2.05) is 36.4 Å². The summed E-state index contributed by atoms with van der Waals surface area (Å²) in [6, 6.07) is 20.4. The van der Waals surface area contributed by atoms with E-state index >= 15 is 0 Å². The molecule has 2 aliphatic heterocycles. The average molecular weight is 357 g/mol. The molecule has 0 unspecified atom stereocenters. The molecule has 0 N–H and O–H groups in total. The Morgan fingerprint density at radius 2 is 1.78 bits per heavy atom. The monoisotopic (exact) mass is 357 g/mol. The second-order valence-electron chi connectivity index (χ2n) is 6.66. The molecular weight excluding hydrogens is 338 g/mol. The van der Waals surface area contributed by atoms with Gasteiger partial charge in [-0.25, -0.2) is 5.01 Å². The third-order valence-corrected chi connectivity index (χ3v) is 5.11. The second-order valence-corrected chi connectivity index (χ2v) is 6.66. The van der Waals surface area contributed by atoms with Gasteiger partial charge in [0.25, 0.3) is 0 Å². The maximum Gasteiger partial charge on any atom is 0.213 e. The summed E-state index contributed by atoms with van der Waals surface area (Å²) < 4.78 is 11.6. The Balaban J connectivity index is 1.56. The number of aromatic nitrogens is 1. The van der Waals surface area contributed by atoms with Crippen molar-refractivity contribution in [3.8, 4) is 11.5 Å². The van der Waals surface area contributed by atoms with Gasteiger partial charge < -0.3 is 9.47 Å². The van der Waals surface area contributed by atoms with Crippen LogP contribution in [0.5, 0.6) is 11.5 Å². The molecule has 0 spiro atoms. The van der Waals surface area contributed by atoms with Crippen molar-refractivity contribution in [1.29, 1.82) is 0 Å². The van der Waals surface area contributed by atoms with E-state index in [0.717, 1.165) is 34.8 Å². The summed E-state index contributed by atoms with van der Waals surface area (Å²) >= 11 is 0. The normalized spacial score (nSPS) is 20.3. The highest BCUT2D eigenvalue weighted by molar-refractivity contribution is 6.02. The van der Waals surface area contributed by atoms with Crippen molar-refractivity contribution in [2.24, 2.45) is 5.10 Å². The van der Waals surface area contributed by atoms with Gasteiger partial charge in [-0.3, -0.25) is 4.98 Å². The Kier molecular flexibility index (Phi) is 3.78. The van der Waals surface area contributed by atoms with Gasteiger partial charge >= 0.3 is 0 Å². The van der Waals surface area contributed by atoms with Gasteiger partial charge in [-0.05, 0) is 48.0 Å². The third kappa shape index (κ3) is 2.72. The molecule has 0 amide bonds. The zero-order valence-corrected chi connectivity index (χ0v) is 14.9. The molecule has 0 saturated carbocycles. The predicted molar refractivity (Wildman–Crippen MR) is 103 cm³/mol. The number of para-hydroxylation sites is 1. The Morgan fingerprint density at radius 3 is 2.56 bits per heavy atom. The lowest BCUT2D eigenvalue weighted by Crippen LogP contribution is -2.33. The van der Waals surface area contributed by atoms with Gasteiger partial charge in [0.15, 0.2) is 0 Å². The molecule has 3 aromatic rings. The molecule has 0 aliphatic carbocycles. The molecule has 2 aliphatic rings. The predicted octanol–water partition coefficient (Wildman–Crippen LogP) is 4.33. The molecular formula is C22H19N3O2. The van der Waals surface area contributed by atoms with E-state index in [-0.39, 0.29) is 12.3 Å². The summed E-state index contributed by atoms with van der Waals surface area (Å²) in [5.41, 5.74) is 4.39. The van der Waals surface area contributed by atoms with Gasteiger partial charge in [0, 0.05) is 29.9 Å². The van der Waals surface area contributed by atoms with E-state index in [9.17, 15) is 0 Å². The summed E-state index contributed by atoms with van der Waals surface area (Å²) in [7, 11) is 1.68. The number of hydrogen-bond acceptors (Lipinski definition) is 5. The first kappa shape index (κ1) is 15.9. The smallest absolute Gasteiger partial charge is 0.213 e. The van der Waals surface area contributed by atoms with Crippen molar-refractivity contribution < 1.29 is 9.47 Å². The fraction of sp³-hybridized carbons (Fsp3) is 0.182. The summed E-state index contributed by atoms with van der Waals surface area (Å²) in [6.45, 7) is 0. The van der Waals surface area contributed by atoms with Gasteiger partial charge in [0.05, 0.1) is 18.9 Å². The number of benzene rings is 2. The number of hydrogen-bond donors (Lipinski definition) is 0. The molecule has 5 rings (SSSR count). The number of nitrogens with zero attached hydrogens (tertiary/aromatic N) is 3. The van der Waals surface area contributed by atoms with Crippen molar-refractivity contribution in [2.75, 3.05) is 7.11 Å². The number of pyridine rings is 1. The van der Waals surface area contributed by atoms with Crippen molar-refractivity contribution in [3.63, 3.8) is 0 Å². The molecule has 134 valence electrons. The standard InChI is InChI=1S/C22H19N3O2/c1-26-17-8-6-15(7-9-17)19-14-20-18-4-2-3-5-21(18)27-22(25(20)24-19)16-10-12-23-13-11-16/h2-13,20,22H,14H2,1H3/t20-,22-/m0/s1. The average Bonchev–Trinajstić information content (AvgIpc) is 3.19. The highest BCUT2D eigenvalue weighted by Crippen LogP contribution is 2.47. The molecule has 1 aromatic heterocycles. The van der Waals surface area contributed by atoms with Crippen LogP contribution in [0.15, 0.2) is 78.2 Å². The van der Waals surface area contributed by atoms with Crippen LogP contribution in [0.4, 0.5) is 0 Å². The van der Waals surface area contributed by atoms with E-state index in [4.69, 9.17) is 14.6 Å². The molecule has 0 bridgehead atoms. The van der Waals surface area contributed by atoms with Crippen LogP contribution < -0.4 is 9.47 Å². The van der Waals surface area contributed by atoms with Crippen molar-refractivity contribution in [1.82, 2.24) is 9.99 Å². The van der Waals surface area contributed by atoms with Gasteiger partial charge in [0.1, 0.15) is 11.5 Å². The van der Waals surface area contributed by atoms with Gasteiger partial charge in [0.2, 0.25) is 6.23 Å². The first-order chi connectivity index (χ1) is 13.3. The molecule has 27 heavy (non-hydrogen) atoms. The third-order valence-electron chi connectivity index (χ3n) is 5.11. The highest BCUT2D eigenvalue weighted by atomic mass is 16.5. The van der Waals surface area contributed by atoms with Crippen LogP contribution in [-0.4, -0.2) is 22.8 Å². The van der Waals surface area contributed by atoms with E-state index < -0.39 is 0 Å². The number of ether oxygens (including phenoxy) is 2. The molecule has 0 saturated heterocycles. The largest absolute Gasteiger partial charge is 0.497 e. The molecule has 5 nitrogen and oxygen atoms in total. The lowest BCUT2D eigenvalue weighted by Gasteiger charge is -2.38. The molecule has 0 radical (unpaired) electrons. The molecule has 0 fully saturated rings. The number of hydrazone groups is 1. The Bertz CT molecular complexity index is 986. The van der Waals surface area contributed by atoms with E-state index in [1.165, 1.54) is 5.56 Å². The summed E-state index contributed by atoms with van der Waals surface area (Å²) in [6.07, 6.45) is 4.16. The quantitative estimate of drug-likeness (QED) is 0.700. The van der Waals surface area contributed by atoms with E-state index in [2.05, 4.69) is 34.3 Å². The Labute approximate surface area is 157 Å². The summed E-state index contributed by atoms with van der Waals surface area (Å²) in [4.78, 5) is 4.13. The number of methoxy groups -OCH3 is 1. The number of rotatable bonds is 3. The van der Waals surface area contributed by atoms with Crippen LogP contribution in [0.25, 0.3) is 0 Å². The van der Waals surface area contributed by atoms with Crippen molar-refractivity contribution in [3.05, 3.63) is 89.7 Å². The van der Waals surface area contributed by atoms with Gasteiger partial charge in [-0.1, -0.05) is 18.2 Å². The minimum atomic E-state index is -0.261. The lowest BCUT2D eigenvalue weighted by molar-refractivity contribution is -0.0190. The van der Waals surface area contributed by atoms with E-state index in [1.54, 1.807) is 19.5 Å². The Hall–Kier alpha value is -3.34. The zero-order chi connectivity index (χ0) is 18.2. The highest BCUT2D eigenvalue weighted by Gasteiger charge is 2.40. The van der Waals surface area contributed by atoms with Crippen molar-refractivity contribution >= 4 is 5.71 Å². The number of fused-ring (bicyclic) bond motifs is 3. The van der Waals surface area contributed by atoms with Crippen molar-refractivity contribution in [2.45, 2.75) is 18.7 Å². The lowest BCUT2D eigenvalue weighted by atomic mass is 9.96. The molecule has 3 heterocycles. The summed E-state index contributed by atoms with van der Waals surface area (Å²) in [5, 5.41) is 7.04. The van der Waals surface area contributed by atoms with Crippen LogP contribution >= 0.6 is 0 Å². The fourth-order valence-electron chi connectivity index (χ4n) is 3.74. The molecule has 2 atom stereocenters. The summed E-state index contributed by atoms with van der Waals surface area (Å²) in [5.74, 6) is 1.77. The maximum atomic E-state index is 6.32. The second kappa shape index (κ2) is 6.43. The Morgan fingerprint density at radius 1 is 1.00 bits per heavy atom. The van der Waals surface area contributed by atoms with Crippen LogP contribution in [0, 0.1) is 0 Å². The van der Waals surface area contributed by atoms with Crippen LogP contribution in [0.3, 0.4) is 0 Å². The minimum Gasteiger partial charge on any atom is -0.497 e. The zero-order valence-electron chi connectivity index (χ0n) is 14.9. The van der Waals surface area contributed by atoms with Crippen LogP contribution in [0.2, 0.25) is 0 Å².